The third kappa shape index (κ3) is 3.55. The maximum atomic E-state index is 12.9. The zero-order chi connectivity index (χ0) is 19.1. The number of sulfone groups is 1. The molecule has 0 aliphatic rings. The average Bonchev–Trinajstić information content (AvgIpc) is 3.18. The monoisotopic (exact) mass is 374 g/mol. The van der Waals surface area contributed by atoms with Crippen LogP contribution in [0, 0.1) is 13.8 Å². The first kappa shape index (κ1) is 18.3. The van der Waals surface area contributed by atoms with E-state index < -0.39 is 9.84 Å². The van der Waals surface area contributed by atoms with Crippen LogP contribution in [0.15, 0.2) is 40.3 Å². The van der Waals surface area contributed by atoms with Crippen molar-refractivity contribution in [3.63, 3.8) is 0 Å². The minimum Gasteiger partial charge on any atom is -0.339 e. The lowest BCUT2D eigenvalue weighted by molar-refractivity contribution is 0.319. The van der Waals surface area contributed by atoms with E-state index in [2.05, 4.69) is 15.1 Å². The number of benzene rings is 1. The van der Waals surface area contributed by atoms with Crippen molar-refractivity contribution in [2.24, 2.45) is 0 Å². The molecule has 0 saturated carbocycles. The molecule has 26 heavy (non-hydrogen) atoms. The predicted molar refractivity (Wildman–Crippen MR) is 96.9 cm³/mol. The van der Waals surface area contributed by atoms with E-state index in [-0.39, 0.29) is 22.1 Å². The number of imidazole rings is 1. The Morgan fingerprint density at radius 3 is 2.58 bits per heavy atom. The number of hydrogen-bond donors (Lipinski definition) is 0. The summed E-state index contributed by atoms with van der Waals surface area (Å²) in [6.07, 6.45) is 3.12. The van der Waals surface area contributed by atoms with E-state index in [9.17, 15) is 8.42 Å². The third-order valence-corrected chi connectivity index (χ3v) is 5.43. The summed E-state index contributed by atoms with van der Waals surface area (Å²) in [5.74, 6) is 0.167. The zero-order valence-corrected chi connectivity index (χ0v) is 16.3. The quantitative estimate of drug-likeness (QED) is 0.697. The van der Waals surface area contributed by atoms with Crippen LogP contribution in [0.25, 0.3) is 5.69 Å². The van der Waals surface area contributed by atoms with Gasteiger partial charge in [0.2, 0.25) is 20.9 Å². The number of hydrogen-bond acceptors (Lipinski definition) is 6. The zero-order valence-electron chi connectivity index (χ0n) is 15.5. The molecule has 3 aromatic rings. The minimum absolute atomic E-state index is 0.0340. The molecule has 0 spiro atoms. The van der Waals surface area contributed by atoms with Gasteiger partial charge in [0.05, 0.1) is 5.69 Å². The molecule has 1 aromatic carbocycles. The molecular weight excluding hydrogens is 352 g/mol. The Morgan fingerprint density at radius 1 is 1.19 bits per heavy atom. The highest BCUT2D eigenvalue weighted by Gasteiger charge is 2.27. The molecule has 2 heterocycles. The van der Waals surface area contributed by atoms with Gasteiger partial charge in [-0.05, 0) is 31.0 Å². The SMILES string of the molecule is Cc1ccc(C)c(-n2ccnc2S(=O)(=O)Cc2noc(C(C)(C)C)n2)c1. The minimum atomic E-state index is -3.74. The molecule has 138 valence electrons. The van der Waals surface area contributed by atoms with Crippen LogP contribution in [0.1, 0.15) is 43.6 Å². The van der Waals surface area contributed by atoms with Crippen LogP contribution in [0.5, 0.6) is 0 Å². The summed E-state index contributed by atoms with van der Waals surface area (Å²) in [7, 11) is -3.74. The summed E-state index contributed by atoms with van der Waals surface area (Å²) >= 11 is 0. The Morgan fingerprint density at radius 2 is 1.92 bits per heavy atom. The van der Waals surface area contributed by atoms with E-state index in [1.807, 2.05) is 52.8 Å². The summed E-state index contributed by atoms with van der Waals surface area (Å²) < 4.78 is 32.6. The Balaban J connectivity index is 1.98. The van der Waals surface area contributed by atoms with Crippen molar-refractivity contribution >= 4 is 9.84 Å². The van der Waals surface area contributed by atoms with Crippen LogP contribution >= 0.6 is 0 Å². The average molecular weight is 374 g/mol. The van der Waals surface area contributed by atoms with Crippen molar-refractivity contribution in [2.45, 2.75) is 50.9 Å². The van der Waals surface area contributed by atoms with E-state index in [1.54, 1.807) is 10.8 Å². The van der Waals surface area contributed by atoms with Gasteiger partial charge in [0.1, 0.15) is 5.75 Å². The maximum Gasteiger partial charge on any atom is 0.232 e. The fourth-order valence-electron chi connectivity index (χ4n) is 2.53. The molecule has 7 nitrogen and oxygen atoms in total. The lowest BCUT2D eigenvalue weighted by atomic mass is 9.97. The van der Waals surface area contributed by atoms with Crippen LogP contribution in [0.3, 0.4) is 0 Å². The van der Waals surface area contributed by atoms with Crippen LogP contribution in [0.2, 0.25) is 0 Å². The van der Waals surface area contributed by atoms with Crippen molar-refractivity contribution < 1.29 is 12.9 Å². The Labute approximate surface area is 153 Å². The van der Waals surface area contributed by atoms with E-state index in [0.717, 1.165) is 16.8 Å². The second-order valence-electron chi connectivity index (χ2n) is 7.39. The summed E-state index contributed by atoms with van der Waals surface area (Å²) in [6.45, 7) is 9.66. The normalized spacial score (nSPS) is 12.5. The van der Waals surface area contributed by atoms with Gasteiger partial charge in [-0.3, -0.25) is 4.57 Å². The first-order chi connectivity index (χ1) is 12.1. The van der Waals surface area contributed by atoms with E-state index >= 15 is 0 Å². The molecule has 0 amide bonds. The molecule has 0 aliphatic carbocycles. The van der Waals surface area contributed by atoms with Gasteiger partial charge in [-0.15, -0.1) is 0 Å². The highest BCUT2D eigenvalue weighted by Crippen LogP contribution is 2.24. The van der Waals surface area contributed by atoms with Crippen molar-refractivity contribution in [3.8, 4) is 5.69 Å². The molecule has 0 radical (unpaired) electrons. The molecule has 0 atom stereocenters. The predicted octanol–water partition coefficient (Wildman–Crippen LogP) is 3.14. The molecule has 0 saturated heterocycles. The molecular formula is C18H22N4O3S. The lowest BCUT2D eigenvalue weighted by Crippen LogP contribution is -2.14. The Bertz CT molecular complexity index is 1040. The van der Waals surface area contributed by atoms with Gasteiger partial charge in [0.15, 0.2) is 5.82 Å². The van der Waals surface area contributed by atoms with Gasteiger partial charge >= 0.3 is 0 Å². The first-order valence-electron chi connectivity index (χ1n) is 8.25. The van der Waals surface area contributed by atoms with Gasteiger partial charge in [-0.25, -0.2) is 13.4 Å². The fraction of sp³-hybridized carbons (Fsp3) is 0.389. The van der Waals surface area contributed by atoms with Gasteiger partial charge in [-0.1, -0.05) is 38.1 Å². The molecule has 0 fully saturated rings. The highest BCUT2D eigenvalue weighted by atomic mass is 32.2. The lowest BCUT2D eigenvalue weighted by Gasteiger charge is -2.11. The smallest absolute Gasteiger partial charge is 0.232 e. The van der Waals surface area contributed by atoms with Crippen molar-refractivity contribution in [1.29, 1.82) is 0 Å². The van der Waals surface area contributed by atoms with E-state index in [4.69, 9.17) is 4.52 Å². The number of aryl methyl sites for hydroxylation is 2. The number of aromatic nitrogens is 4. The summed E-state index contributed by atoms with van der Waals surface area (Å²) in [5.41, 5.74) is 2.44. The van der Waals surface area contributed by atoms with Crippen molar-refractivity contribution in [3.05, 3.63) is 53.4 Å². The second kappa shape index (κ2) is 6.35. The van der Waals surface area contributed by atoms with E-state index in [1.165, 1.54) is 6.20 Å². The Hall–Kier alpha value is -2.48. The Kier molecular flexibility index (Phi) is 4.47. The molecule has 0 bridgehead atoms. The summed E-state index contributed by atoms with van der Waals surface area (Å²) in [4.78, 5) is 8.29. The molecule has 0 aliphatic heterocycles. The number of rotatable bonds is 4. The van der Waals surface area contributed by atoms with Gasteiger partial charge in [-0.2, -0.15) is 4.98 Å². The van der Waals surface area contributed by atoms with Crippen molar-refractivity contribution in [1.82, 2.24) is 19.7 Å². The first-order valence-corrected chi connectivity index (χ1v) is 9.90. The van der Waals surface area contributed by atoms with Crippen LogP contribution < -0.4 is 0 Å². The van der Waals surface area contributed by atoms with Crippen LogP contribution in [0.4, 0.5) is 0 Å². The standard InChI is InChI=1S/C18H22N4O3S/c1-12-6-7-13(2)14(10-12)22-9-8-19-17(22)26(23,24)11-15-20-16(25-21-15)18(3,4)5/h6-10H,11H2,1-5H3. The highest BCUT2D eigenvalue weighted by molar-refractivity contribution is 7.90. The largest absolute Gasteiger partial charge is 0.339 e. The maximum absolute atomic E-state index is 12.9. The summed E-state index contributed by atoms with van der Waals surface area (Å²) in [6, 6.07) is 5.87. The summed E-state index contributed by atoms with van der Waals surface area (Å²) in [5, 5.41) is 3.78. The van der Waals surface area contributed by atoms with Gasteiger partial charge in [0.25, 0.3) is 0 Å². The molecule has 0 unspecified atom stereocenters. The van der Waals surface area contributed by atoms with Crippen LogP contribution in [-0.4, -0.2) is 28.1 Å². The van der Waals surface area contributed by atoms with Gasteiger partial charge < -0.3 is 4.52 Å². The number of nitrogens with zero attached hydrogens (tertiary/aromatic N) is 4. The molecule has 3 rings (SSSR count). The van der Waals surface area contributed by atoms with E-state index in [0.29, 0.717) is 5.89 Å². The molecule has 8 heteroatoms. The van der Waals surface area contributed by atoms with Crippen molar-refractivity contribution in [2.75, 3.05) is 0 Å². The second-order valence-corrected chi connectivity index (χ2v) is 9.28. The molecule has 2 aromatic heterocycles. The molecule has 0 N–H and O–H groups in total. The van der Waals surface area contributed by atoms with Crippen LogP contribution in [-0.2, 0) is 21.0 Å². The fourth-order valence-corrected chi connectivity index (χ4v) is 3.80. The third-order valence-electron chi connectivity index (χ3n) is 3.94. The topological polar surface area (TPSA) is 90.9 Å². The van der Waals surface area contributed by atoms with Gasteiger partial charge in [0, 0.05) is 17.8 Å².